The van der Waals surface area contributed by atoms with Crippen LogP contribution in [-0.2, 0) is 4.79 Å². The molecule has 6 heteroatoms. The van der Waals surface area contributed by atoms with E-state index in [1.165, 1.54) is 0 Å². The number of aliphatic carboxylic acids is 1. The summed E-state index contributed by atoms with van der Waals surface area (Å²) in [6.07, 6.45) is 4.64. The van der Waals surface area contributed by atoms with Crippen LogP contribution in [0.15, 0.2) is 0 Å². The number of nitrogens with one attached hydrogen (secondary N) is 2. The molecule has 110 valence electrons. The van der Waals surface area contributed by atoms with E-state index in [1.807, 2.05) is 6.26 Å². The normalized spacial score (nSPS) is 17.9. The van der Waals surface area contributed by atoms with Crippen molar-refractivity contribution in [2.24, 2.45) is 11.3 Å². The highest BCUT2D eigenvalue weighted by atomic mass is 32.2. The number of amides is 2. The van der Waals surface area contributed by atoms with Crippen molar-refractivity contribution in [3.63, 3.8) is 0 Å². The summed E-state index contributed by atoms with van der Waals surface area (Å²) in [5, 5.41) is 14.4. The van der Waals surface area contributed by atoms with Crippen molar-refractivity contribution in [2.45, 2.75) is 39.2 Å². The van der Waals surface area contributed by atoms with Gasteiger partial charge in [-0.1, -0.05) is 13.8 Å². The van der Waals surface area contributed by atoms with Crippen molar-refractivity contribution in [1.29, 1.82) is 0 Å². The lowest BCUT2D eigenvalue weighted by atomic mass is 9.92. The molecule has 1 saturated carbocycles. The van der Waals surface area contributed by atoms with Crippen molar-refractivity contribution < 1.29 is 14.7 Å². The third-order valence-electron chi connectivity index (χ3n) is 3.93. The Morgan fingerprint density at radius 3 is 2.42 bits per heavy atom. The molecule has 0 radical (unpaired) electrons. The first-order valence-electron chi connectivity index (χ1n) is 6.67. The fraction of sp³-hybridized carbons (Fsp3) is 0.846. The average molecular weight is 288 g/mol. The van der Waals surface area contributed by atoms with Gasteiger partial charge < -0.3 is 15.7 Å². The molecule has 0 aliphatic heterocycles. The van der Waals surface area contributed by atoms with Crippen LogP contribution in [0.2, 0.25) is 0 Å². The molecule has 1 aliphatic carbocycles. The van der Waals surface area contributed by atoms with Crippen LogP contribution in [0.3, 0.4) is 0 Å². The number of urea groups is 1. The Balaban J connectivity index is 2.34. The summed E-state index contributed by atoms with van der Waals surface area (Å²) in [6, 6.07) is -1.18. The Hall–Kier alpha value is -0.910. The van der Waals surface area contributed by atoms with E-state index in [1.54, 1.807) is 11.8 Å². The summed E-state index contributed by atoms with van der Waals surface area (Å²) >= 11 is 1.57. The van der Waals surface area contributed by atoms with Crippen LogP contribution in [-0.4, -0.2) is 41.7 Å². The minimum Gasteiger partial charge on any atom is -0.480 e. The van der Waals surface area contributed by atoms with Gasteiger partial charge in [0, 0.05) is 6.54 Å². The Bertz CT molecular complexity index is 330. The van der Waals surface area contributed by atoms with E-state index < -0.39 is 12.0 Å². The lowest BCUT2D eigenvalue weighted by Crippen LogP contribution is -2.47. The van der Waals surface area contributed by atoms with Crippen LogP contribution in [0, 0.1) is 11.3 Å². The highest BCUT2D eigenvalue weighted by Crippen LogP contribution is 2.51. The molecule has 19 heavy (non-hydrogen) atoms. The minimum atomic E-state index is -0.978. The topological polar surface area (TPSA) is 78.4 Å². The summed E-state index contributed by atoms with van der Waals surface area (Å²) in [5.74, 6) is 0.279. The average Bonchev–Trinajstić information content (AvgIpc) is 3.12. The van der Waals surface area contributed by atoms with E-state index in [4.69, 9.17) is 5.11 Å². The largest absolute Gasteiger partial charge is 0.480 e. The lowest BCUT2D eigenvalue weighted by Gasteiger charge is -2.21. The fourth-order valence-electron chi connectivity index (χ4n) is 2.08. The minimum absolute atomic E-state index is 0.231. The zero-order chi connectivity index (χ0) is 14.5. The quantitative estimate of drug-likeness (QED) is 0.637. The highest BCUT2D eigenvalue weighted by Gasteiger charge is 2.45. The second-order valence-corrected chi connectivity index (χ2v) is 6.50. The van der Waals surface area contributed by atoms with Crippen molar-refractivity contribution in [3.8, 4) is 0 Å². The van der Waals surface area contributed by atoms with Crippen molar-refractivity contribution in [2.75, 3.05) is 18.6 Å². The van der Waals surface area contributed by atoms with Gasteiger partial charge in [-0.15, -0.1) is 0 Å². The van der Waals surface area contributed by atoms with Gasteiger partial charge in [-0.25, -0.2) is 9.59 Å². The molecule has 0 saturated heterocycles. The molecule has 5 nitrogen and oxygen atoms in total. The molecule has 1 rings (SSSR count). The molecule has 2 amide bonds. The number of hydrogen-bond acceptors (Lipinski definition) is 3. The molecule has 0 heterocycles. The van der Waals surface area contributed by atoms with Gasteiger partial charge in [0.2, 0.25) is 0 Å². The van der Waals surface area contributed by atoms with Gasteiger partial charge in [-0.3, -0.25) is 0 Å². The Labute approximate surface area is 118 Å². The summed E-state index contributed by atoms with van der Waals surface area (Å²) in [7, 11) is 0. The first-order valence-corrected chi connectivity index (χ1v) is 8.07. The van der Waals surface area contributed by atoms with Gasteiger partial charge in [0.25, 0.3) is 0 Å². The molecule has 0 aromatic carbocycles. The Kier molecular flexibility index (Phi) is 5.97. The van der Waals surface area contributed by atoms with Gasteiger partial charge in [-0.05, 0) is 42.6 Å². The first-order chi connectivity index (χ1) is 8.91. The number of carboxylic acid groups (broad SMARTS) is 1. The van der Waals surface area contributed by atoms with Gasteiger partial charge >= 0.3 is 12.0 Å². The van der Waals surface area contributed by atoms with Gasteiger partial charge in [-0.2, -0.15) is 11.8 Å². The number of carbonyl (C=O) groups is 2. The molecule has 1 aliphatic rings. The van der Waals surface area contributed by atoms with E-state index in [9.17, 15) is 9.59 Å². The molecule has 0 spiro atoms. The molecule has 1 atom stereocenters. The summed E-state index contributed by atoms with van der Waals surface area (Å²) in [4.78, 5) is 22.7. The fourth-order valence-corrected chi connectivity index (χ4v) is 2.55. The highest BCUT2D eigenvalue weighted by molar-refractivity contribution is 7.98. The Morgan fingerprint density at radius 1 is 1.37 bits per heavy atom. The third-order valence-corrected chi connectivity index (χ3v) is 4.58. The number of hydrogen-bond donors (Lipinski definition) is 3. The Morgan fingerprint density at radius 2 is 2.00 bits per heavy atom. The summed E-state index contributed by atoms with van der Waals surface area (Å²) < 4.78 is 0. The van der Waals surface area contributed by atoms with Crippen LogP contribution in [0.5, 0.6) is 0 Å². The van der Waals surface area contributed by atoms with E-state index in [0.29, 0.717) is 24.6 Å². The zero-order valence-electron chi connectivity index (χ0n) is 11.9. The maximum absolute atomic E-state index is 11.7. The van der Waals surface area contributed by atoms with E-state index in [2.05, 4.69) is 24.5 Å². The molecular formula is C13H24N2O3S. The van der Waals surface area contributed by atoms with E-state index in [0.717, 1.165) is 12.8 Å². The maximum Gasteiger partial charge on any atom is 0.326 e. The van der Waals surface area contributed by atoms with E-state index >= 15 is 0 Å². The van der Waals surface area contributed by atoms with Crippen LogP contribution in [0.1, 0.15) is 33.1 Å². The number of carbonyl (C=O) groups excluding carboxylic acids is 1. The monoisotopic (exact) mass is 288 g/mol. The van der Waals surface area contributed by atoms with Crippen LogP contribution in [0.4, 0.5) is 4.79 Å². The van der Waals surface area contributed by atoms with Gasteiger partial charge in [0.05, 0.1) is 0 Å². The smallest absolute Gasteiger partial charge is 0.326 e. The lowest BCUT2D eigenvalue weighted by molar-refractivity contribution is -0.139. The number of carboxylic acids is 1. The molecule has 0 bridgehead atoms. The van der Waals surface area contributed by atoms with Crippen LogP contribution < -0.4 is 10.6 Å². The van der Waals surface area contributed by atoms with E-state index in [-0.39, 0.29) is 11.4 Å². The molecule has 0 unspecified atom stereocenters. The second-order valence-electron chi connectivity index (χ2n) is 5.52. The van der Waals surface area contributed by atoms with Gasteiger partial charge in [0.1, 0.15) is 6.04 Å². The van der Waals surface area contributed by atoms with Crippen molar-refractivity contribution >= 4 is 23.8 Å². The summed E-state index contributed by atoms with van der Waals surface area (Å²) in [5.41, 5.74) is 0.231. The van der Waals surface area contributed by atoms with Crippen molar-refractivity contribution in [1.82, 2.24) is 10.6 Å². The molecule has 1 fully saturated rings. The first kappa shape index (κ1) is 16.1. The number of rotatable bonds is 8. The maximum atomic E-state index is 11.7. The molecular weight excluding hydrogens is 264 g/mol. The predicted octanol–water partition coefficient (Wildman–Crippen LogP) is 1.93. The number of thioether (sulfide) groups is 1. The zero-order valence-corrected chi connectivity index (χ0v) is 12.7. The summed E-state index contributed by atoms with van der Waals surface area (Å²) in [6.45, 7) is 4.95. The third kappa shape index (κ3) is 4.93. The predicted molar refractivity (Wildman–Crippen MR) is 77.5 cm³/mol. The molecule has 0 aromatic rings. The second kappa shape index (κ2) is 7.03. The van der Waals surface area contributed by atoms with Gasteiger partial charge in [0.15, 0.2) is 0 Å². The van der Waals surface area contributed by atoms with Crippen LogP contribution in [0.25, 0.3) is 0 Å². The standard InChI is InChI=1S/C13H24N2O3S/c1-9(2)13(5-6-13)8-14-12(18)15-10(11(16)17)4-7-19-3/h9-10H,4-8H2,1-3H3,(H,16,17)(H2,14,15,18)/t10-/m1/s1. The van der Waals surface area contributed by atoms with Crippen LogP contribution >= 0.6 is 11.8 Å². The van der Waals surface area contributed by atoms with Crippen molar-refractivity contribution in [3.05, 3.63) is 0 Å². The molecule has 0 aromatic heterocycles. The molecule has 3 N–H and O–H groups in total. The SMILES string of the molecule is CSCC[C@@H](NC(=O)NCC1(C(C)C)CC1)C(=O)O.